The maximum atomic E-state index is 12.9. The number of carbonyl (C=O) groups is 3. The van der Waals surface area contributed by atoms with Crippen molar-refractivity contribution in [2.24, 2.45) is 0 Å². The van der Waals surface area contributed by atoms with Gasteiger partial charge in [-0.3, -0.25) is 14.4 Å². The highest BCUT2D eigenvalue weighted by Gasteiger charge is 2.43. The van der Waals surface area contributed by atoms with E-state index in [-0.39, 0.29) is 28.9 Å². The first-order valence-corrected chi connectivity index (χ1v) is 8.08. The third-order valence-corrected chi connectivity index (χ3v) is 4.69. The molecule has 0 N–H and O–H groups in total. The molecule has 2 aromatic rings. The standard InChI is InChI=1S/C20H11F3O4/c21-20(22,23)11-7-5-10(6-8-11)14-9-15(24)27-19-16(14)17(25)12-3-1-2-4-13(12)18(19)26/h1-8,14H,9H2/t14-/m0/s1. The third-order valence-electron chi connectivity index (χ3n) is 4.69. The van der Waals surface area contributed by atoms with Gasteiger partial charge in [-0.2, -0.15) is 13.2 Å². The van der Waals surface area contributed by atoms with Gasteiger partial charge in [0.1, 0.15) is 0 Å². The topological polar surface area (TPSA) is 60.4 Å². The van der Waals surface area contributed by atoms with E-state index in [0.717, 1.165) is 12.1 Å². The van der Waals surface area contributed by atoms with Gasteiger partial charge in [0.15, 0.2) is 11.5 Å². The summed E-state index contributed by atoms with van der Waals surface area (Å²) in [5.74, 6) is -2.92. The molecule has 1 aliphatic carbocycles. The molecule has 27 heavy (non-hydrogen) atoms. The Bertz CT molecular complexity index is 1020. The van der Waals surface area contributed by atoms with Crippen molar-refractivity contribution >= 4 is 17.5 Å². The molecule has 0 radical (unpaired) electrons. The minimum atomic E-state index is -4.50. The van der Waals surface area contributed by atoms with Crippen LogP contribution in [0.3, 0.4) is 0 Å². The Labute approximate surface area is 151 Å². The lowest BCUT2D eigenvalue weighted by molar-refractivity contribution is -0.140. The first-order valence-electron chi connectivity index (χ1n) is 8.08. The Kier molecular flexibility index (Phi) is 3.76. The molecule has 4 rings (SSSR count). The lowest BCUT2D eigenvalue weighted by atomic mass is 9.77. The third kappa shape index (κ3) is 2.75. The zero-order valence-electron chi connectivity index (χ0n) is 13.7. The van der Waals surface area contributed by atoms with Crippen LogP contribution in [-0.4, -0.2) is 17.5 Å². The van der Waals surface area contributed by atoms with Crippen molar-refractivity contribution in [2.45, 2.75) is 18.5 Å². The van der Waals surface area contributed by atoms with E-state index < -0.39 is 35.2 Å². The summed E-state index contributed by atoms with van der Waals surface area (Å²) < 4.78 is 43.4. The van der Waals surface area contributed by atoms with Crippen molar-refractivity contribution in [1.82, 2.24) is 0 Å². The number of carbonyl (C=O) groups excluding carboxylic acids is 3. The number of halogens is 3. The van der Waals surface area contributed by atoms with E-state index in [1.165, 1.54) is 24.3 Å². The van der Waals surface area contributed by atoms with Crippen LogP contribution in [0.5, 0.6) is 0 Å². The molecule has 0 fully saturated rings. The Balaban J connectivity index is 1.83. The number of alkyl halides is 3. The van der Waals surface area contributed by atoms with E-state index in [1.54, 1.807) is 12.1 Å². The number of Topliss-reactive ketones (excluding diaryl/α,β-unsaturated/α-hetero) is 2. The quantitative estimate of drug-likeness (QED) is 0.708. The number of fused-ring (bicyclic) bond motifs is 1. The summed E-state index contributed by atoms with van der Waals surface area (Å²) in [4.78, 5) is 37.6. The smallest absolute Gasteiger partial charge is 0.416 e. The monoisotopic (exact) mass is 372 g/mol. The van der Waals surface area contributed by atoms with E-state index in [0.29, 0.717) is 5.56 Å². The summed E-state index contributed by atoms with van der Waals surface area (Å²) in [5.41, 5.74) is -0.154. The van der Waals surface area contributed by atoms with E-state index in [2.05, 4.69) is 0 Å². The Morgan fingerprint density at radius 3 is 2.04 bits per heavy atom. The van der Waals surface area contributed by atoms with Crippen molar-refractivity contribution in [3.8, 4) is 0 Å². The predicted octanol–water partition coefficient (Wildman–Crippen LogP) is 4.07. The second kappa shape index (κ2) is 5.90. The first-order chi connectivity index (χ1) is 12.8. The van der Waals surface area contributed by atoms with Crippen molar-refractivity contribution < 1.29 is 32.3 Å². The Hall–Kier alpha value is -3.22. The van der Waals surface area contributed by atoms with E-state index >= 15 is 0 Å². The van der Waals surface area contributed by atoms with Crippen LogP contribution in [0, 0.1) is 0 Å². The molecule has 0 unspecified atom stereocenters. The van der Waals surface area contributed by atoms with E-state index in [1.807, 2.05) is 0 Å². The molecule has 0 saturated carbocycles. The average molecular weight is 372 g/mol. The van der Waals surface area contributed by atoms with Gasteiger partial charge in [-0.05, 0) is 17.7 Å². The van der Waals surface area contributed by atoms with Gasteiger partial charge in [0.05, 0.1) is 17.6 Å². The van der Waals surface area contributed by atoms with Crippen LogP contribution in [-0.2, 0) is 15.7 Å². The van der Waals surface area contributed by atoms with Gasteiger partial charge in [0.2, 0.25) is 5.78 Å². The van der Waals surface area contributed by atoms with Gasteiger partial charge in [-0.15, -0.1) is 0 Å². The number of ether oxygens (including phenoxy) is 1. The van der Waals surface area contributed by atoms with E-state index in [9.17, 15) is 27.6 Å². The predicted molar refractivity (Wildman–Crippen MR) is 87.0 cm³/mol. The fraction of sp³-hybridized carbons (Fsp3) is 0.150. The lowest BCUT2D eigenvalue weighted by Gasteiger charge is -2.30. The van der Waals surface area contributed by atoms with Crippen molar-refractivity contribution in [2.75, 3.05) is 0 Å². The van der Waals surface area contributed by atoms with Crippen LogP contribution < -0.4 is 0 Å². The van der Waals surface area contributed by atoms with Crippen LogP contribution >= 0.6 is 0 Å². The molecule has 1 atom stereocenters. The molecule has 0 bridgehead atoms. The Morgan fingerprint density at radius 1 is 0.852 bits per heavy atom. The van der Waals surface area contributed by atoms with Crippen molar-refractivity contribution in [1.29, 1.82) is 0 Å². The highest BCUT2D eigenvalue weighted by molar-refractivity contribution is 6.27. The fourth-order valence-electron chi connectivity index (χ4n) is 3.40. The molecule has 7 heteroatoms. The molecule has 1 aliphatic heterocycles. The van der Waals surface area contributed by atoms with Crippen LogP contribution in [0.25, 0.3) is 0 Å². The van der Waals surface area contributed by atoms with Gasteiger partial charge in [0.25, 0.3) is 0 Å². The minimum Gasteiger partial charge on any atom is -0.422 e. The second-order valence-corrected chi connectivity index (χ2v) is 6.30. The van der Waals surface area contributed by atoms with Crippen LogP contribution in [0.1, 0.15) is 44.2 Å². The number of allylic oxidation sites excluding steroid dienone is 2. The zero-order valence-corrected chi connectivity index (χ0v) is 13.7. The normalized spacial score (nSPS) is 19.5. The average Bonchev–Trinajstić information content (AvgIpc) is 2.65. The van der Waals surface area contributed by atoms with Gasteiger partial charge in [-0.1, -0.05) is 36.4 Å². The molecule has 0 saturated heterocycles. The molecule has 2 aliphatic rings. The van der Waals surface area contributed by atoms with Crippen molar-refractivity contribution in [3.63, 3.8) is 0 Å². The molecule has 0 spiro atoms. The van der Waals surface area contributed by atoms with Gasteiger partial charge < -0.3 is 4.74 Å². The number of rotatable bonds is 1. The van der Waals surface area contributed by atoms with Crippen molar-refractivity contribution in [3.05, 3.63) is 82.1 Å². The number of hydrogen-bond donors (Lipinski definition) is 0. The van der Waals surface area contributed by atoms with Crippen LogP contribution in [0.15, 0.2) is 59.9 Å². The summed E-state index contributed by atoms with van der Waals surface area (Å²) >= 11 is 0. The molecular formula is C20H11F3O4. The summed E-state index contributed by atoms with van der Waals surface area (Å²) in [6.07, 6.45) is -4.73. The van der Waals surface area contributed by atoms with E-state index in [4.69, 9.17) is 4.74 Å². The fourth-order valence-corrected chi connectivity index (χ4v) is 3.40. The maximum Gasteiger partial charge on any atom is 0.416 e. The molecule has 136 valence electrons. The summed E-state index contributed by atoms with van der Waals surface area (Å²) in [7, 11) is 0. The molecule has 0 aromatic heterocycles. The highest BCUT2D eigenvalue weighted by atomic mass is 19.4. The molecule has 4 nitrogen and oxygen atoms in total. The van der Waals surface area contributed by atoms with Gasteiger partial charge in [0, 0.05) is 17.0 Å². The first kappa shape index (κ1) is 17.2. The van der Waals surface area contributed by atoms with Crippen LogP contribution in [0.2, 0.25) is 0 Å². The maximum absolute atomic E-state index is 12.9. The Morgan fingerprint density at radius 2 is 1.44 bits per heavy atom. The summed E-state index contributed by atoms with van der Waals surface area (Å²) in [6.45, 7) is 0. The largest absolute Gasteiger partial charge is 0.422 e. The number of esters is 1. The highest BCUT2D eigenvalue weighted by Crippen LogP contribution is 2.41. The second-order valence-electron chi connectivity index (χ2n) is 6.30. The van der Waals surface area contributed by atoms with Gasteiger partial charge >= 0.3 is 12.1 Å². The lowest BCUT2D eigenvalue weighted by Crippen LogP contribution is -2.32. The SMILES string of the molecule is O=C1C[C@@H](c2ccc(C(F)(F)F)cc2)C2=C(O1)C(=O)c1ccccc1C2=O. The molecule has 0 amide bonds. The summed E-state index contributed by atoms with van der Waals surface area (Å²) in [6, 6.07) is 10.4. The minimum absolute atomic E-state index is 0.0121. The van der Waals surface area contributed by atoms with Crippen LogP contribution in [0.4, 0.5) is 13.2 Å². The molecular weight excluding hydrogens is 361 g/mol. The van der Waals surface area contributed by atoms with Gasteiger partial charge in [-0.25, -0.2) is 0 Å². The molecule has 1 heterocycles. The summed E-state index contributed by atoms with van der Waals surface area (Å²) in [5, 5.41) is 0. The zero-order chi connectivity index (χ0) is 19.3. The number of ketones is 2. The molecule has 2 aromatic carbocycles. The number of benzene rings is 2. The number of hydrogen-bond acceptors (Lipinski definition) is 4.